The van der Waals surface area contributed by atoms with Crippen LogP contribution in [0.15, 0.2) is 84.9 Å². The molecule has 5 heteroatoms. The maximum absolute atomic E-state index is 13.6. The van der Waals surface area contributed by atoms with Gasteiger partial charge in [-0.15, -0.1) is 0 Å². The number of amides is 2. The summed E-state index contributed by atoms with van der Waals surface area (Å²) in [5, 5.41) is 3.22. The molecular formula is C28H31N3O2. The standard InChI is InChI=1S/C28H31N3O2/c1-19-13-15-21(16-14-19)24-17-25(31(18-24)28(33)20(2)29)27(32)30-26(22-9-5-3-6-10-22)23-11-7-4-8-12-23/h3-16,20,24-26H,17-18,29H2,1-2H3,(H,30,32)/t20-,24+,25-/m0/s1. The highest BCUT2D eigenvalue weighted by molar-refractivity contribution is 5.90. The molecule has 1 aliphatic rings. The predicted molar refractivity (Wildman–Crippen MR) is 131 cm³/mol. The number of likely N-dealkylation sites (tertiary alicyclic amines) is 1. The summed E-state index contributed by atoms with van der Waals surface area (Å²) in [5.74, 6) is -0.256. The Morgan fingerprint density at radius 2 is 1.45 bits per heavy atom. The van der Waals surface area contributed by atoms with Crippen molar-refractivity contribution in [1.82, 2.24) is 10.2 Å². The summed E-state index contributed by atoms with van der Waals surface area (Å²) in [6, 6.07) is 26.6. The summed E-state index contributed by atoms with van der Waals surface area (Å²) < 4.78 is 0. The lowest BCUT2D eigenvalue weighted by Gasteiger charge is -2.28. The Morgan fingerprint density at radius 3 is 1.97 bits per heavy atom. The van der Waals surface area contributed by atoms with Gasteiger partial charge in [-0.25, -0.2) is 0 Å². The molecular weight excluding hydrogens is 410 g/mol. The summed E-state index contributed by atoms with van der Waals surface area (Å²) in [6.45, 7) is 4.21. The molecule has 1 aliphatic heterocycles. The second kappa shape index (κ2) is 10.0. The fraction of sp³-hybridized carbons (Fsp3) is 0.286. The summed E-state index contributed by atoms with van der Waals surface area (Å²) in [7, 11) is 0. The molecule has 0 saturated carbocycles. The van der Waals surface area contributed by atoms with Crippen LogP contribution in [0.1, 0.15) is 47.6 Å². The molecule has 1 fully saturated rings. The van der Waals surface area contributed by atoms with Gasteiger partial charge in [0.1, 0.15) is 6.04 Å². The number of benzene rings is 3. The molecule has 3 atom stereocenters. The molecule has 170 valence electrons. The monoisotopic (exact) mass is 441 g/mol. The van der Waals surface area contributed by atoms with Crippen molar-refractivity contribution >= 4 is 11.8 Å². The van der Waals surface area contributed by atoms with E-state index in [0.717, 1.165) is 16.7 Å². The first-order chi connectivity index (χ1) is 15.9. The second-order valence-electron chi connectivity index (χ2n) is 8.90. The van der Waals surface area contributed by atoms with E-state index in [9.17, 15) is 9.59 Å². The van der Waals surface area contributed by atoms with E-state index in [0.29, 0.717) is 13.0 Å². The fourth-order valence-corrected chi connectivity index (χ4v) is 4.56. The first-order valence-electron chi connectivity index (χ1n) is 11.5. The van der Waals surface area contributed by atoms with Crippen molar-refractivity contribution < 1.29 is 9.59 Å². The van der Waals surface area contributed by atoms with Crippen molar-refractivity contribution in [3.63, 3.8) is 0 Å². The van der Waals surface area contributed by atoms with Gasteiger partial charge < -0.3 is 16.0 Å². The predicted octanol–water partition coefficient (Wildman–Crippen LogP) is 3.93. The summed E-state index contributed by atoms with van der Waals surface area (Å²) in [6.07, 6.45) is 0.573. The lowest BCUT2D eigenvalue weighted by molar-refractivity contribution is -0.139. The highest BCUT2D eigenvalue weighted by Gasteiger charge is 2.41. The van der Waals surface area contributed by atoms with Gasteiger partial charge >= 0.3 is 0 Å². The summed E-state index contributed by atoms with van der Waals surface area (Å²) >= 11 is 0. The highest BCUT2D eigenvalue weighted by Crippen LogP contribution is 2.33. The highest BCUT2D eigenvalue weighted by atomic mass is 16.2. The van der Waals surface area contributed by atoms with Crippen LogP contribution in [-0.4, -0.2) is 35.3 Å². The normalized spacial score (nSPS) is 18.8. The van der Waals surface area contributed by atoms with Crippen molar-refractivity contribution in [3.8, 4) is 0 Å². The van der Waals surface area contributed by atoms with E-state index in [2.05, 4.69) is 29.6 Å². The van der Waals surface area contributed by atoms with Gasteiger partial charge in [0.25, 0.3) is 0 Å². The van der Waals surface area contributed by atoms with Crippen molar-refractivity contribution in [1.29, 1.82) is 0 Å². The van der Waals surface area contributed by atoms with Gasteiger partial charge in [-0.05, 0) is 37.0 Å². The van der Waals surface area contributed by atoms with Crippen LogP contribution in [0.5, 0.6) is 0 Å². The third-order valence-electron chi connectivity index (χ3n) is 6.38. The quantitative estimate of drug-likeness (QED) is 0.609. The average molecular weight is 442 g/mol. The van der Waals surface area contributed by atoms with Crippen LogP contribution < -0.4 is 11.1 Å². The Balaban J connectivity index is 1.61. The number of nitrogens with zero attached hydrogens (tertiary/aromatic N) is 1. The topological polar surface area (TPSA) is 75.4 Å². The third-order valence-corrected chi connectivity index (χ3v) is 6.38. The molecule has 0 bridgehead atoms. The van der Waals surface area contributed by atoms with E-state index < -0.39 is 12.1 Å². The van der Waals surface area contributed by atoms with Crippen molar-refractivity contribution in [2.24, 2.45) is 5.73 Å². The number of rotatable bonds is 6. The van der Waals surface area contributed by atoms with Crippen LogP contribution >= 0.6 is 0 Å². The van der Waals surface area contributed by atoms with E-state index >= 15 is 0 Å². The van der Waals surface area contributed by atoms with Crippen LogP contribution in [-0.2, 0) is 9.59 Å². The Hall–Kier alpha value is -3.44. The molecule has 0 unspecified atom stereocenters. The minimum atomic E-state index is -0.656. The van der Waals surface area contributed by atoms with Gasteiger partial charge in [-0.3, -0.25) is 9.59 Å². The fourth-order valence-electron chi connectivity index (χ4n) is 4.56. The summed E-state index contributed by atoms with van der Waals surface area (Å²) in [4.78, 5) is 28.2. The molecule has 4 rings (SSSR count). The Bertz CT molecular complexity index is 1040. The number of carbonyl (C=O) groups is 2. The molecule has 0 spiro atoms. The average Bonchev–Trinajstić information content (AvgIpc) is 3.29. The van der Waals surface area contributed by atoms with Crippen molar-refractivity contribution in [3.05, 3.63) is 107 Å². The molecule has 1 saturated heterocycles. The Morgan fingerprint density at radius 1 is 0.909 bits per heavy atom. The minimum Gasteiger partial charge on any atom is -0.343 e. The first-order valence-corrected chi connectivity index (χ1v) is 11.5. The van der Waals surface area contributed by atoms with E-state index in [-0.39, 0.29) is 23.8 Å². The largest absolute Gasteiger partial charge is 0.343 e. The van der Waals surface area contributed by atoms with E-state index in [4.69, 9.17) is 5.73 Å². The number of aryl methyl sites for hydroxylation is 1. The first kappa shape index (κ1) is 22.7. The van der Waals surface area contributed by atoms with Crippen molar-refractivity contribution in [2.45, 2.75) is 44.3 Å². The van der Waals surface area contributed by atoms with E-state index in [1.165, 1.54) is 5.56 Å². The molecule has 2 amide bonds. The zero-order chi connectivity index (χ0) is 23.4. The van der Waals surface area contributed by atoms with Gasteiger partial charge in [0.2, 0.25) is 11.8 Å². The molecule has 33 heavy (non-hydrogen) atoms. The van der Waals surface area contributed by atoms with Crippen LogP contribution in [0.4, 0.5) is 0 Å². The van der Waals surface area contributed by atoms with Gasteiger partial charge in [-0.1, -0.05) is 90.5 Å². The minimum absolute atomic E-state index is 0.0935. The van der Waals surface area contributed by atoms with Gasteiger partial charge in [0, 0.05) is 12.5 Å². The van der Waals surface area contributed by atoms with Gasteiger partial charge in [0.15, 0.2) is 0 Å². The van der Waals surface area contributed by atoms with Gasteiger partial charge in [-0.2, -0.15) is 0 Å². The number of hydrogen-bond donors (Lipinski definition) is 2. The molecule has 0 aromatic heterocycles. The summed E-state index contributed by atoms with van der Waals surface area (Å²) in [5.41, 5.74) is 10.3. The maximum Gasteiger partial charge on any atom is 0.243 e. The van der Waals surface area contributed by atoms with E-state index in [1.807, 2.05) is 67.6 Å². The second-order valence-corrected chi connectivity index (χ2v) is 8.90. The van der Waals surface area contributed by atoms with Crippen LogP contribution in [0.25, 0.3) is 0 Å². The number of nitrogens with two attached hydrogens (primary N) is 1. The zero-order valence-electron chi connectivity index (χ0n) is 19.1. The molecule has 3 aromatic carbocycles. The molecule has 3 N–H and O–H groups in total. The number of nitrogens with one attached hydrogen (secondary N) is 1. The van der Waals surface area contributed by atoms with Crippen LogP contribution in [0.3, 0.4) is 0 Å². The molecule has 5 nitrogen and oxygen atoms in total. The molecule has 3 aromatic rings. The molecule has 0 radical (unpaired) electrons. The lowest BCUT2D eigenvalue weighted by atomic mass is 9.94. The van der Waals surface area contributed by atoms with Crippen LogP contribution in [0, 0.1) is 6.92 Å². The third kappa shape index (κ3) is 5.15. The maximum atomic E-state index is 13.6. The lowest BCUT2D eigenvalue weighted by Crippen LogP contribution is -2.51. The zero-order valence-corrected chi connectivity index (χ0v) is 19.1. The number of hydrogen-bond acceptors (Lipinski definition) is 3. The van der Waals surface area contributed by atoms with Crippen LogP contribution in [0.2, 0.25) is 0 Å². The smallest absolute Gasteiger partial charge is 0.243 e. The SMILES string of the molecule is Cc1ccc([C@@H]2C[C@@H](C(=O)NC(c3ccccc3)c3ccccc3)N(C(=O)[C@H](C)N)C2)cc1. The molecule has 1 heterocycles. The van der Waals surface area contributed by atoms with Crippen molar-refractivity contribution in [2.75, 3.05) is 6.54 Å². The van der Waals surface area contributed by atoms with E-state index in [1.54, 1.807) is 11.8 Å². The number of carbonyl (C=O) groups excluding carboxylic acids is 2. The Labute approximate surface area is 195 Å². The van der Waals surface area contributed by atoms with Gasteiger partial charge in [0.05, 0.1) is 12.1 Å². The Kier molecular flexibility index (Phi) is 6.90. The molecule has 0 aliphatic carbocycles.